The lowest BCUT2D eigenvalue weighted by atomic mass is 10.1. The van der Waals surface area contributed by atoms with Crippen LogP contribution in [0.4, 0.5) is 11.4 Å². The van der Waals surface area contributed by atoms with Gasteiger partial charge in [-0.2, -0.15) is 0 Å². The highest BCUT2D eigenvalue weighted by Crippen LogP contribution is 2.17. The molecule has 0 aliphatic rings. The molecule has 0 atom stereocenters. The standard InChI is InChI=1S/C14H23N3O2/c1-2-3-8-19-9-4-7-17-11-5-6-13(15)12(10-11)14(16)18/h5-6,10,17H,2-4,7-9,15H2,1H3,(H2,16,18). The van der Waals surface area contributed by atoms with Crippen LogP contribution < -0.4 is 16.8 Å². The van der Waals surface area contributed by atoms with Crippen molar-refractivity contribution in [3.8, 4) is 0 Å². The summed E-state index contributed by atoms with van der Waals surface area (Å²) < 4.78 is 5.46. The summed E-state index contributed by atoms with van der Waals surface area (Å²) in [6.07, 6.45) is 3.17. The highest BCUT2D eigenvalue weighted by atomic mass is 16.5. The maximum absolute atomic E-state index is 11.1. The molecule has 1 rings (SSSR count). The van der Waals surface area contributed by atoms with E-state index in [1.165, 1.54) is 0 Å². The number of nitrogens with two attached hydrogens (primary N) is 2. The lowest BCUT2D eigenvalue weighted by Gasteiger charge is -2.09. The van der Waals surface area contributed by atoms with E-state index in [1.807, 2.05) is 6.07 Å². The predicted octanol–water partition coefficient (Wildman–Crippen LogP) is 1.99. The van der Waals surface area contributed by atoms with E-state index in [9.17, 15) is 4.79 Å². The summed E-state index contributed by atoms with van der Waals surface area (Å²) in [7, 11) is 0. The van der Waals surface area contributed by atoms with Crippen LogP contribution in [0.25, 0.3) is 0 Å². The topological polar surface area (TPSA) is 90.4 Å². The molecule has 0 bridgehead atoms. The molecule has 0 unspecified atom stereocenters. The van der Waals surface area contributed by atoms with E-state index in [0.717, 1.165) is 44.7 Å². The fraction of sp³-hybridized carbons (Fsp3) is 0.500. The number of amides is 1. The Morgan fingerprint density at radius 3 is 2.74 bits per heavy atom. The zero-order valence-electron chi connectivity index (χ0n) is 11.4. The first kappa shape index (κ1) is 15.3. The van der Waals surface area contributed by atoms with Crippen LogP contribution in [0.1, 0.15) is 36.5 Å². The van der Waals surface area contributed by atoms with Crippen molar-refractivity contribution in [1.82, 2.24) is 0 Å². The van der Waals surface area contributed by atoms with Crippen LogP contribution in [0.15, 0.2) is 18.2 Å². The van der Waals surface area contributed by atoms with E-state index in [4.69, 9.17) is 16.2 Å². The molecule has 0 aromatic heterocycles. The second kappa shape index (κ2) is 8.37. The third kappa shape index (κ3) is 5.61. The number of carbonyl (C=O) groups is 1. The van der Waals surface area contributed by atoms with Gasteiger partial charge in [0, 0.05) is 31.1 Å². The highest BCUT2D eigenvalue weighted by Gasteiger charge is 2.06. The molecule has 1 aromatic rings. The lowest BCUT2D eigenvalue weighted by Crippen LogP contribution is -2.14. The number of rotatable bonds is 9. The monoisotopic (exact) mass is 265 g/mol. The first-order valence-electron chi connectivity index (χ1n) is 6.66. The second-order valence-corrected chi connectivity index (χ2v) is 4.41. The highest BCUT2D eigenvalue weighted by molar-refractivity contribution is 5.98. The predicted molar refractivity (Wildman–Crippen MR) is 78.2 cm³/mol. The molecular formula is C14H23N3O2. The number of unbranched alkanes of at least 4 members (excludes halogenated alkanes) is 1. The van der Waals surface area contributed by atoms with Crippen LogP contribution in [0.5, 0.6) is 0 Å². The summed E-state index contributed by atoms with van der Waals surface area (Å²) in [5.41, 5.74) is 12.5. The van der Waals surface area contributed by atoms with Gasteiger partial charge in [-0.15, -0.1) is 0 Å². The first-order chi connectivity index (χ1) is 9.15. The van der Waals surface area contributed by atoms with Crippen molar-refractivity contribution in [2.45, 2.75) is 26.2 Å². The number of benzene rings is 1. The molecule has 0 saturated carbocycles. The Balaban J connectivity index is 2.30. The smallest absolute Gasteiger partial charge is 0.250 e. The molecule has 106 valence electrons. The maximum atomic E-state index is 11.1. The van der Waals surface area contributed by atoms with E-state index >= 15 is 0 Å². The van der Waals surface area contributed by atoms with Gasteiger partial charge >= 0.3 is 0 Å². The average molecular weight is 265 g/mol. The quantitative estimate of drug-likeness (QED) is 0.470. The van der Waals surface area contributed by atoms with Crippen LogP contribution in [0, 0.1) is 0 Å². The van der Waals surface area contributed by atoms with Gasteiger partial charge in [0.1, 0.15) is 0 Å². The molecule has 0 fully saturated rings. The van der Waals surface area contributed by atoms with Gasteiger partial charge in [0.15, 0.2) is 0 Å². The van der Waals surface area contributed by atoms with E-state index < -0.39 is 5.91 Å². The Bertz CT molecular complexity index is 408. The van der Waals surface area contributed by atoms with Crippen molar-refractivity contribution < 1.29 is 9.53 Å². The van der Waals surface area contributed by atoms with Gasteiger partial charge in [-0.3, -0.25) is 4.79 Å². The third-order valence-corrected chi connectivity index (χ3v) is 2.76. The molecule has 1 aromatic carbocycles. The fourth-order valence-electron chi connectivity index (χ4n) is 1.64. The second-order valence-electron chi connectivity index (χ2n) is 4.41. The van der Waals surface area contributed by atoms with Crippen molar-refractivity contribution in [3.05, 3.63) is 23.8 Å². The Morgan fingerprint density at radius 1 is 1.32 bits per heavy atom. The molecular weight excluding hydrogens is 242 g/mol. The van der Waals surface area contributed by atoms with Gasteiger partial charge in [-0.25, -0.2) is 0 Å². The van der Waals surface area contributed by atoms with Crippen molar-refractivity contribution >= 4 is 17.3 Å². The Labute approximate surface area is 114 Å². The summed E-state index contributed by atoms with van der Waals surface area (Å²) >= 11 is 0. The molecule has 19 heavy (non-hydrogen) atoms. The van der Waals surface area contributed by atoms with Gasteiger partial charge in [-0.05, 0) is 31.0 Å². The normalized spacial score (nSPS) is 10.4. The number of carbonyl (C=O) groups excluding carboxylic acids is 1. The largest absolute Gasteiger partial charge is 0.398 e. The molecule has 0 radical (unpaired) electrons. The minimum Gasteiger partial charge on any atom is -0.398 e. The molecule has 0 aliphatic carbocycles. The van der Waals surface area contributed by atoms with E-state index in [-0.39, 0.29) is 0 Å². The first-order valence-corrected chi connectivity index (χ1v) is 6.66. The summed E-state index contributed by atoms with van der Waals surface area (Å²) in [5.74, 6) is -0.510. The Morgan fingerprint density at radius 2 is 2.05 bits per heavy atom. The van der Waals surface area contributed by atoms with Gasteiger partial charge in [-0.1, -0.05) is 13.3 Å². The number of ether oxygens (including phenoxy) is 1. The van der Waals surface area contributed by atoms with Crippen LogP contribution in [-0.4, -0.2) is 25.7 Å². The summed E-state index contributed by atoms with van der Waals surface area (Å²) in [6, 6.07) is 5.19. The minimum atomic E-state index is -0.510. The summed E-state index contributed by atoms with van der Waals surface area (Å²) in [6.45, 7) is 4.49. The molecule has 5 heteroatoms. The van der Waals surface area contributed by atoms with Gasteiger partial charge in [0.25, 0.3) is 5.91 Å². The number of primary amides is 1. The number of nitrogen functional groups attached to an aromatic ring is 1. The number of anilines is 2. The molecule has 5 nitrogen and oxygen atoms in total. The van der Waals surface area contributed by atoms with Crippen LogP contribution >= 0.6 is 0 Å². The van der Waals surface area contributed by atoms with Crippen molar-refractivity contribution in [3.63, 3.8) is 0 Å². The Hall–Kier alpha value is -1.75. The zero-order chi connectivity index (χ0) is 14.1. The average Bonchev–Trinajstić information content (AvgIpc) is 2.39. The number of hydrogen-bond acceptors (Lipinski definition) is 4. The lowest BCUT2D eigenvalue weighted by molar-refractivity contribution is 0.100. The van der Waals surface area contributed by atoms with E-state index in [1.54, 1.807) is 12.1 Å². The molecule has 5 N–H and O–H groups in total. The van der Waals surface area contributed by atoms with Crippen molar-refractivity contribution in [1.29, 1.82) is 0 Å². The number of hydrogen-bond donors (Lipinski definition) is 3. The molecule has 0 heterocycles. The van der Waals surface area contributed by atoms with Gasteiger partial charge < -0.3 is 21.5 Å². The molecule has 1 amide bonds. The maximum Gasteiger partial charge on any atom is 0.250 e. The molecule has 0 aliphatic heterocycles. The van der Waals surface area contributed by atoms with E-state index in [0.29, 0.717) is 11.3 Å². The van der Waals surface area contributed by atoms with Crippen LogP contribution in [-0.2, 0) is 4.74 Å². The van der Waals surface area contributed by atoms with E-state index in [2.05, 4.69) is 12.2 Å². The fourth-order valence-corrected chi connectivity index (χ4v) is 1.64. The van der Waals surface area contributed by atoms with Crippen molar-refractivity contribution in [2.24, 2.45) is 5.73 Å². The van der Waals surface area contributed by atoms with Gasteiger partial charge in [0.05, 0.1) is 5.56 Å². The van der Waals surface area contributed by atoms with Crippen LogP contribution in [0.3, 0.4) is 0 Å². The SMILES string of the molecule is CCCCOCCCNc1ccc(N)c(C(N)=O)c1. The van der Waals surface area contributed by atoms with Crippen LogP contribution in [0.2, 0.25) is 0 Å². The summed E-state index contributed by atoms with van der Waals surface area (Å²) in [5, 5.41) is 3.21. The number of nitrogens with one attached hydrogen (secondary N) is 1. The van der Waals surface area contributed by atoms with Gasteiger partial charge in [0.2, 0.25) is 0 Å². The van der Waals surface area contributed by atoms with Crippen molar-refractivity contribution in [2.75, 3.05) is 30.8 Å². The zero-order valence-corrected chi connectivity index (χ0v) is 11.4. The minimum absolute atomic E-state index is 0.351. The summed E-state index contributed by atoms with van der Waals surface area (Å²) in [4.78, 5) is 11.1. The third-order valence-electron chi connectivity index (χ3n) is 2.76. The Kier molecular flexibility index (Phi) is 6.74. The molecule has 0 spiro atoms. The molecule has 0 saturated heterocycles.